The zero-order valence-corrected chi connectivity index (χ0v) is 20.4. The van der Waals surface area contributed by atoms with E-state index >= 15 is 0 Å². The first-order valence-electron chi connectivity index (χ1n) is 11.9. The normalized spacial score (nSPS) is 26.5. The van der Waals surface area contributed by atoms with Crippen LogP contribution in [0.15, 0.2) is 22.3 Å². The maximum Gasteiger partial charge on any atom is 0.242 e. The van der Waals surface area contributed by atoms with Gasteiger partial charge in [0, 0.05) is 30.5 Å². The summed E-state index contributed by atoms with van der Waals surface area (Å²) >= 11 is 1.75. The molecule has 0 unspecified atom stereocenters. The van der Waals surface area contributed by atoms with Crippen LogP contribution in [0.25, 0.3) is 0 Å². The van der Waals surface area contributed by atoms with E-state index in [1.54, 1.807) is 17.4 Å². The molecule has 0 bridgehead atoms. The SMILES string of the molecule is Cc1ncsc1[C@H]1CC[C@@H](CNC(=O)[C@@H]2C[C@@H](O)CN2C(=O)[C@@H](c2ccno2)C(C)C)CC1. The Balaban J connectivity index is 1.33. The maximum atomic E-state index is 13.4. The molecule has 4 rings (SSSR count). The van der Waals surface area contributed by atoms with Crippen LogP contribution < -0.4 is 5.32 Å². The highest BCUT2D eigenvalue weighted by molar-refractivity contribution is 7.09. The van der Waals surface area contributed by atoms with Crippen LogP contribution in [0.1, 0.15) is 74.1 Å². The molecule has 0 aromatic carbocycles. The van der Waals surface area contributed by atoms with E-state index in [1.165, 1.54) is 16.0 Å². The number of amides is 2. The van der Waals surface area contributed by atoms with Crippen LogP contribution in [0.4, 0.5) is 0 Å². The molecule has 2 N–H and O–H groups in total. The van der Waals surface area contributed by atoms with Gasteiger partial charge in [-0.05, 0) is 50.4 Å². The van der Waals surface area contributed by atoms with E-state index < -0.39 is 18.1 Å². The van der Waals surface area contributed by atoms with Crippen molar-refractivity contribution in [1.82, 2.24) is 20.4 Å². The lowest BCUT2D eigenvalue weighted by Crippen LogP contribution is -2.49. The molecule has 9 heteroatoms. The number of aryl methyl sites for hydroxylation is 1. The van der Waals surface area contributed by atoms with Crippen molar-refractivity contribution in [3.63, 3.8) is 0 Å². The minimum atomic E-state index is -0.703. The van der Waals surface area contributed by atoms with Crippen LogP contribution in [0, 0.1) is 18.8 Å². The highest BCUT2D eigenvalue weighted by Crippen LogP contribution is 2.38. The molecule has 2 aromatic rings. The quantitative estimate of drug-likeness (QED) is 0.638. The smallest absolute Gasteiger partial charge is 0.242 e. The summed E-state index contributed by atoms with van der Waals surface area (Å²) in [5, 5.41) is 17.1. The fourth-order valence-electron chi connectivity index (χ4n) is 5.30. The average molecular weight is 475 g/mol. The van der Waals surface area contributed by atoms with Gasteiger partial charge in [-0.15, -0.1) is 11.3 Å². The summed E-state index contributed by atoms with van der Waals surface area (Å²) in [5.41, 5.74) is 3.07. The van der Waals surface area contributed by atoms with Crippen LogP contribution in [0.3, 0.4) is 0 Å². The Morgan fingerprint density at radius 3 is 2.67 bits per heavy atom. The van der Waals surface area contributed by atoms with Crippen molar-refractivity contribution in [3.8, 4) is 0 Å². The van der Waals surface area contributed by atoms with Crippen LogP contribution in [-0.4, -0.2) is 57.2 Å². The first kappa shape index (κ1) is 23.9. The van der Waals surface area contributed by atoms with Gasteiger partial charge in [-0.3, -0.25) is 9.59 Å². The second-order valence-electron chi connectivity index (χ2n) is 9.80. The number of rotatable bonds is 7. The van der Waals surface area contributed by atoms with Gasteiger partial charge >= 0.3 is 0 Å². The molecule has 8 nitrogen and oxygen atoms in total. The van der Waals surface area contributed by atoms with Crippen LogP contribution in [0.5, 0.6) is 0 Å². The molecule has 1 saturated carbocycles. The minimum absolute atomic E-state index is 0.0238. The molecule has 1 saturated heterocycles. The number of aliphatic hydroxyl groups excluding tert-OH is 1. The van der Waals surface area contributed by atoms with E-state index in [2.05, 4.69) is 22.4 Å². The van der Waals surface area contributed by atoms with Gasteiger partial charge in [0.25, 0.3) is 0 Å². The van der Waals surface area contributed by atoms with Crippen molar-refractivity contribution in [2.75, 3.05) is 13.1 Å². The zero-order chi connectivity index (χ0) is 23.5. The van der Waals surface area contributed by atoms with Crippen LogP contribution >= 0.6 is 11.3 Å². The van der Waals surface area contributed by atoms with Crippen molar-refractivity contribution >= 4 is 23.2 Å². The molecule has 33 heavy (non-hydrogen) atoms. The molecule has 2 aliphatic rings. The molecule has 3 atom stereocenters. The third-order valence-electron chi connectivity index (χ3n) is 7.13. The standard InChI is InChI=1S/C24H34N4O4S/c1-14(2)21(20-8-9-27-32-20)24(31)28-12-18(29)10-19(28)23(30)25-11-16-4-6-17(7-5-16)22-15(3)26-13-33-22/h8-9,13-14,16-19,21,29H,4-7,10-12H2,1-3H3,(H,25,30)/t16-,17+,18-,19+,21-/m1/s1. The number of carbonyl (C=O) groups is 2. The summed E-state index contributed by atoms with van der Waals surface area (Å²) in [7, 11) is 0. The number of aromatic nitrogens is 2. The second-order valence-corrected chi connectivity index (χ2v) is 10.7. The van der Waals surface area contributed by atoms with Gasteiger partial charge in [0.15, 0.2) is 0 Å². The predicted octanol–water partition coefficient (Wildman–Crippen LogP) is 3.23. The number of nitrogens with zero attached hydrogens (tertiary/aromatic N) is 3. The van der Waals surface area contributed by atoms with Gasteiger partial charge in [-0.1, -0.05) is 19.0 Å². The molecule has 180 valence electrons. The molecule has 2 aromatic heterocycles. The molecule has 1 aliphatic heterocycles. The van der Waals surface area contributed by atoms with E-state index in [1.807, 2.05) is 19.4 Å². The van der Waals surface area contributed by atoms with Crippen molar-refractivity contribution in [1.29, 1.82) is 0 Å². The lowest BCUT2D eigenvalue weighted by Gasteiger charge is -2.30. The third kappa shape index (κ3) is 5.30. The molecule has 1 aliphatic carbocycles. The van der Waals surface area contributed by atoms with Crippen LogP contribution in [0.2, 0.25) is 0 Å². The highest BCUT2D eigenvalue weighted by atomic mass is 32.1. The fourth-order valence-corrected chi connectivity index (χ4v) is 6.28. The number of thiazole rings is 1. The Morgan fingerprint density at radius 1 is 1.30 bits per heavy atom. The lowest BCUT2D eigenvalue weighted by atomic mass is 9.81. The number of nitrogens with one attached hydrogen (secondary N) is 1. The highest BCUT2D eigenvalue weighted by Gasteiger charge is 2.43. The van der Waals surface area contributed by atoms with E-state index in [0.717, 1.165) is 31.4 Å². The summed E-state index contributed by atoms with van der Waals surface area (Å²) in [6, 6.07) is 1.03. The number of β-amino-alcohol motifs (C(OH)–C–C–N with tert-alkyl or cyclic N) is 1. The van der Waals surface area contributed by atoms with Crippen molar-refractivity contribution in [3.05, 3.63) is 34.1 Å². The number of carbonyl (C=O) groups excluding carboxylic acids is 2. The van der Waals surface area contributed by atoms with E-state index in [0.29, 0.717) is 24.1 Å². The monoisotopic (exact) mass is 474 g/mol. The molecule has 0 radical (unpaired) electrons. The summed E-state index contributed by atoms with van der Waals surface area (Å²) in [5.74, 6) is 0.573. The maximum absolute atomic E-state index is 13.4. The Kier molecular flexibility index (Phi) is 7.48. The van der Waals surface area contributed by atoms with E-state index in [9.17, 15) is 14.7 Å². The summed E-state index contributed by atoms with van der Waals surface area (Å²) in [4.78, 5) is 33.7. The summed E-state index contributed by atoms with van der Waals surface area (Å²) < 4.78 is 5.27. The Bertz CT molecular complexity index is 936. The van der Waals surface area contributed by atoms with Crippen LogP contribution in [-0.2, 0) is 9.59 Å². The number of aliphatic hydroxyl groups is 1. The number of hydrogen-bond donors (Lipinski definition) is 2. The van der Waals surface area contributed by atoms with Gasteiger partial charge in [-0.25, -0.2) is 4.98 Å². The Labute approximate surface area is 198 Å². The molecular formula is C24H34N4O4S. The largest absolute Gasteiger partial charge is 0.391 e. The molecule has 0 spiro atoms. The van der Waals surface area contributed by atoms with Gasteiger partial charge < -0.3 is 19.8 Å². The second kappa shape index (κ2) is 10.3. The van der Waals surface area contributed by atoms with Gasteiger partial charge in [0.05, 0.1) is 23.5 Å². The molecular weight excluding hydrogens is 440 g/mol. The summed E-state index contributed by atoms with van der Waals surface area (Å²) in [6.45, 7) is 6.73. The molecule has 3 heterocycles. The first-order valence-corrected chi connectivity index (χ1v) is 12.8. The number of hydrogen-bond acceptors (Lipinski definition) is 7. The van der Waals surface area contributed by atoms with Crippen molar-refractivity contribution < 1.29 is 19.2 Å². The third-order valence-corrected chi connectivity index (χ3v) is 8.22. The van der Waals surface area contributed by atoms with E-state index in [4.69, 9.17) is 4.52 Å². The lowest BCUT2D eigenvalue weighted by molar-refractivity contribution is -0.141. The first-order chi connectivity index (χ1) is 15.8. The number of likely N-dealkylation sites (tertiary alicyclic amines) is 1. The molecule has 2 amide bonds. The summed E-state index contributed by atoms with van der Waals surface area (Å²) in [6.07, 6.45) is 5.44. The van der Waals surface area contributed by atoms with E-state index in [-0.39, 0.29) is 30.7 Å². The predicted molar refractivity (Wildman–Crippen MR) is 125 cm³/mol. The average Bonchev–Trinajstić information content (AvgIpc) is 3.54. The minimum Gasteiger partial charge on any atom is -0.391 e. The van der Waals surface area contributed by atoms with Gasteiger partial charge in [-0.2, -0.15) is 0 Å². The van der Waals surface area contributed by atoms with Crippen molar-refractivity contribution in [2.45, 2.75) is 76.9 Å². The Hall–Kier alpha value is -2.26. The Morgan fingerprint density at radius 2 is 2.06 bits per heavy atom. The zero-order valence-electron chi connectivity index (χ0n) is 19.6. The fraction of sp³-hybridized carbons (Fsp3) is 0.667. The molecule has 2 fully saturated rings. The van der Waals surface area contributed by atoms with Gasteiger partial charge in [0.2, 0.25) is 11.8 Å². The van der Waals surface area contributed by atoms with Crippen molar-refractivity contribution in [2.24, 2.45) is 11.8 Å². The van der Waals surface area contributed by atoms with Gasteiger partial charge in [0.1, 0.15) is 17.7 Å². The topological polar surface area (TPSA) is 109 Å².